The van der Waals surface area contributed by atoms with Gasteiger partial charge in [-0.05, 0) is 6.92 Å². The molecule has 1 heterocycles. The smallest absolute Gasteiger partial charge is 0.339 e. The van der Waals surface area contributed by atoms with Crippen molar-refractivity contribution in [3.63, 3.8) is 0 Å². The Kier molecular flexibility index (Phi) is 5.93. The lowest BCUT2D eigenvalue weighted by Gasteiger charge is -2.06. The third-order valence-corrected chi connectivity index (χ3v) is 4.69. The van der Waals surface area contributed by atoms with Crippen LogP contribution in [-0.4, -0.2) is 45.2 Å². The Morgan fingerprint density at radius 1 is 1.12 bits per heavy atom. The molecule has 0 amide bonds. The molecule has 0 fully saturated rings. The largest absolute Gasteiger partial charge is 0.466 e. The third-order valence-electron chi connectivity index (χ3n) is 3.44. The van der Waals surface area contributed by atoms with E-state index in [1.54, 1.807) is 0 Å². The molecule has 1 aromatic carbocycles. The Balaban J connectivity index is 2.68. The molecule has 2 rings (SSSR count). The number of carbonyl (C=O) groups is 2. The minimum atomic E-state index is -0.630. The first kappa shape index (κ1) is 18.7. The molecule has 2 aromatic rings. The number of methoxy groups -OCH3 is 2. The highest BCUT2D eigenvalue weighted by molar-refractivity contribution is 7.17. The predicted octanol–water partition coefficient (Wildman–Crippen LogP) is 2.91. The first-order chi connectivity index (χ1) is 11.9. The average molecular weight is 360 g/mol. The third kappa shape index (κ3) is 4.24. The van der Waals surface area contributed by atoms with Crippen LogP contribution in [0.4, 0.5) is 5.13 Å². The van der Waals surface area contributed by atoms with Gasteiger partial charge in [-0.1, -0.05) is 41.2 Å². The van der Waals surface area contributed by atoms with E-state index in [0.717, 1.165) is 17.2 Å². The van der Waals surface area contributed by atoms with E-state index in [9.17, 15) is 9.59 Å². The molecule has 6 nitrogen and oxygen atoms in total. The second-order valence-corrected chi connectivity index (χ2v) is 6.48. The lowest BCUT2D eigenvalue weighted by Crippen LogP contribution is -2.07. The van der Waals surface area contributed by atoms with Gasteiger partial charge in [-0.3, -0.25) is 0 Å². The van der Waals surface area contributed by atoms with E-state index in [4.69, 9.17) is 4.74 Å². The fourth-order valence-electron chi connectivity index (χ4n) is 2.09. The second-order valence-electron chi connectivity index (χ2n) is 5.51. The van der Waals surface area contributed by atoms with E-state index in [0.29, 0.717) is 15.7 Å². The minimum Gasteiger partial charge on any atom is -0.466 e. The van der Waals surface area contributed by atoms with Crippen LogP contribution in [0.3, 0.4) is 0 Å². The van der Waals surface area contributed by atoms with Gasteiger partial charge in [0.2, 0.25) is 0 Å². The first-order valence-corrected chi connectivity index (χ1v) is 8.32. The summed E-state index contributed by atoms with van der Waals surface area (Å²) < 4.78 is 9.51. The molecule has 7 heteroatoms. The van der Waals surface area contributed by atoms with E-state index >= 15 is 0 Å². The summed E-state index contributed by atoms with van der Waals surface area (Å²) in [5, 5.41) is 0.713. The van der Waals surface area contributed by atoms with Crippen molar-refractivity contribution in [1.29, 1.82) is 0 Å². The summed E-state index contributed by atoms with van der Waals surface area (Å²) in [4.78, 5) is 31.0. The molecule has 0 aliphatic carbocycles. The molecule has 1 aromatic heterocycles. The molecule has 0 saturated carbocycles. The first-order valence-electron chi connectivity index (χ1n) is 7.51. The van der Waals surface area contributed by atoms with Crippen molar-refractivity contribution < 1.29 is 19.1 Å². The molecule has 25 heavy (non-hydrogen) atoms. The zero-order chi connectivity index (χ0) is 18.6. The van der Waals surface area contributed by atoms with Crippen LogP contribution in [0.15, 0.2) is 30.3 Å². The Hall–Kier alpha value is -2.67. The summed E-state index contributed by atoms with van der Waals surface area (Å²) in [6.07, 6.45) is 1.14. The van der Waals surface area contributed by atoms with Crippen LogP contribution in [0.2, 0.25) is 0 Å². The van der Waals surface area contributed by atoms with Crippen LogP contribution in [0, 0.1) is 6.92 Å². The van der Waals surface area contributed by atoms with E-state index in [1.165, 1.54) is 25.6 Å². The number of carbonyl (C=O) groups excluding carboxylic acids is 2. The van der Waals surface area contributed by atoms with Gasteiger partial charge in [0.1, 0.15) is 0 Å². The van der Waals surface area contributed by atoms with Crippen LogP contribution in [0.5, 0.6) is 0 Å². The summed E-state index contributed by atoms with van der Waals surface area (Å²) in [7, 11) is 6.26. The van der Waals surface area contributed by atoms with Gasteiger partial charge in [-0.2, -0.15) is 0 Å². The van der Waals surface area contributed by atoms with Gasteiger partial charge in [0.15, 0.2) is 5.13 Å². The van der Waals surface area contributed by atoms with Crippen molar-refractivity contribution in [2.45, 2.75) is 6.92 Å². The highest BCUT2D eigenvalue weighted by Crippen LogP contribution is 2.37. The van der Waals surface area contributed by atoms with Crippen LogP contribution in [0.25, 0.3) is 16.8 Å². The quantitative estimate of drug-likeness (QED) is 0.603. The van der Waals surface area contributed by atoms with Crippen LogP contribution in [0.1, 0.15) is 10.4 Å². The van der Waals surface area contributed by atoms with E-state index < -0.39 is 11.9 Å². The zero-order valence-electron chi connectivity index (χ0n) is 14.8. The van der Waals surface area contributed by atoms with Crippen LogP contribution in [-0.2, 0) is 19.1 Å². The molecular weight excluding hydrogens is 340 g/mol. The number of hydrogen-bond donors (Lipinski definition) is 0. The van der Waals surface area contributed by atoms with Crippen molar-refractivity contribution in [3.8, 4) is 11.3 Å². The maximum Gasteiger partial charge on any atom is 0.339 e. The zero-order valence-corrected chi connectivity index (χ0v) is 15.6. The van der Waals surface area contributed by atoms with Gasteiger partial charge in [0.05, 0.1) is 30.4 Å². The number of aryl methyl sites for hydroxylation is 1. The monoisotopic (exact) mass is 360 g/mol. The molecule has 132 valence electrons. The number of thiazole rings is 1. The van der Waals surface area contributed by atoms with Crippen molar-refractivity contribution in [2.24, 2.45) is 0 Å². The summed E-state index contributed by atoms with van der Waals surface area (Å²) in [6, 6.07) is 7.80. The number of benzene rings is 1. The SMILES string of the molecule is COC(=O)/C=C(\C(=O)OC)c1sc(N(C)C)nc1-c1ccc(C)cc1. The van der Waals surface area contributed by atoms with Crippen LogP contribution < -0.4 is 4.90 Å². The second kappa shape index (κ2) is 7.94. The molecule has 0 aliphatic rings. The van der Waals surface area contributed by atoms with E-state index in [2.05, 4.69) is 9.72 Å². The van der Waals surface area contributed by atoms with E-state index in [1.807, 2.05) is 50.2 Å². The summed E-state index contributed by atoms with van der Waals surface area (Å²) in [5.41, 5.74) is 2.71. The lowest BCUT2D eigenvalue weighted by molar-refractivity contribution is -0.136. The molecule has 0 unspecified atom stereocenters. The van der Waals surface area contributed by atoms with Gasteiger partial charge in [0.25, 0.3) is 0 Å². The molecule has 0 spiro atoms. The number of rotatable bonds is 5. The Morgan fingerprint density at radius 2 is 1.76 bits per heavy atom. The Morgan fingerprint density at radius 3 is 2.28 bits per heavy atom. The van der Waals surface area contributed by atoms with Crippen LogP contribution >= 0.6 is 11.3 Å². The molecule has 0 N–H and O–H groups in total. The topological polar surface area (TPSA) is 68.7 Å². The van der Waals surface area contributed by atoms with Crippen molar-refractivity contribution in [1.82, 2.24) is 4.98 Å². The Labute approximate surface area is 150 Å². The highest BCUT2D eigenvalue weighted by Gasteiger charge is 2.24. The number of anilines is 1. The standard InChI is InChI=1S/C18H20N2O4S/c1-11-6-8-12(9-7-11)15-16(25-18(19-15)20(2)3)13(17(22)24-5)10-14(21)23-4/h6-10H,1-5H3/b13-10-. The maximum absolute atomic E-state index is 12.2. The normalized spacial score (nSPS) is 11.2. The fourth-order valence-corrected chi connectivity index (χ4v) is 3.11. The summed E-state index contributed by atoms with van der Waals surface area (Å²) in [6.45, 7) is 1.99. The van der Waals surface area contributed by atoms with Gasteiger partial charge < -0.3 is 14.4 Å². The van der Waals surface area contributed by atoms with Gasteiger partial charge in [0, 0.05) is 25.7 Å². The Bertz CT molecular complexity index is 807. The van der Waals surface area contributed by atoms with Gasteiger partial charge >= 0.3 is 11.9 Å². The summed E-state index contributed by atoms with van der Waals surface area (Å²) >= 11 is 1.31. The number of aromatic nitrogens is 1. The maximum atomic E-state index is 12.2. The molecule has 0 atom stereocenters. The average Bonchev–Trinajstić information content (AvgIpc) is 3.04. The van der Waals surface area contributed by atoms with Gasteiger partial charge in [-0.15, -0.1) is 0 Å². The molecular formula is C18H20N2O4S. The number of esters is 2. The minimum absolute atomic E-state index is 0.121. The predicted molar refractivity (Wildman–Crippen MR) is 98.6 cm³/mol. The number of ether oxygens (including phenoxy) is 2. The molecule has 0 bridgehead atoms. The van der Waals surface area contributed by atoms with E-state index in [-0.39, 0.29) is 5.57 Å². The molecule has 0 saturated heterocycles. The van der Waals surface area contributed by atoms with Crippen molar-refractivity contribution in [3.05, 3.63) is 40.8 Å². The fraction of sp³-hybridized carbons (Fsp3) is 0.278. The molecule has 0 aliphatic heterocycles. The van der Waals surface area contributed by atoms with Gasteiger partial charge in [-0.25, -0.2) is 14.6 Å². The van der Waals surface area contributed by atoms with Crippen molar-refractivity contribution in [2.75, 3.05) is 33.2 Å². The lowest BCUT2D eigenvalue weighted by atomic mass is 10.1. The number of hydrogen-bond acceptors (Lipinski definition) is 7. The highest BCUT2D eigenvalue weighted by atomic mass is 32.1. The van der Waals surface area contributed by atoms with Crippen molar-refractivity contribution >= 4 is 34.0 Å². The summed E-state index contributed by atoms with van der Waals surface area (Å²) in [5.74, 6) is -1.25. The number of nitrogens with zero attached hydrogens (tertiary/aromatic N) is 2. The molecule has 0 radical (unpaired) electrons.